The van der Waals surface area contributed by atoms with Crippen molar-refractivity contribution in [2.45, 2.75) is 6.92 Å². The Morgan fingerprint density at radius 2 is 2.12 bits per heavy atom. The van der Waals surface area contributed by atoms with Crippen LogP contribution >= 0.6 is 11.3 Å². The highest BCUT2D eigenvalue weighted by atomic mass is 32.1. The van der Waals surface area contributed by atoms with Gasteiger partial charge < -0.3 is 15.4 Å². The van der Waals surface area contributed by atoms with Crippen LogP contribution in [-0.4, -0.2) is 24.0 Å². The Kier molecular flexibility index (Phi) is 5.65. The molecule has 0 saturated heterocycles. The van der Waals surface area contributed by atoms with Crippen molar-refractivity contribution < 1.29 is 14.3 Å². The molecule has 0 aliphatic rings. The van der Waals surface area contributed by atoms with Gasteiger partial charge in [0.1, 0.15) is 11.6 Å². The number of carbonyl (C=O) groups excluding carboxylic acids is 2. The molecule has 0 spiro atoms. The number of anilines is 2. The zero-order valence-corrected chi connectivity index (χ0v) is 13.8. The highest BCUT2D eigenvalue weighted by Crippen LogP contribution is 2.18. The van der Waals surface area contributed by atoms with Gasteiger partial charge in [0.2, 0.25) is 0 Å². The number of nitrogens with zero attached hydrogens (tertiary/aromatic N) is 2. The Morgan fingerprint density at radius 1 is 1.38 bits per heavy atom. The number of esters is 1. The van der Waals surface area contributed by atoms with E-state index >= 15 is 0 Å². The molecule has 2 N–H and O–H groups in total. The lowest BCUT2D eigenvalue weighted by Crippen LogP contribution is -2.17. The summed E-state index contributed by atoms with van der Waals surface area (Å²) in [5, 5.41) is 16.9. The maximum absolute atomic E-state index is 12.2. The predicted octanol–water partition coefficient (Wildman–Crippen LogP) is 2.70. The largest absolute Gasteiger partial charge is 0.465 e. The molecule has 0 radical (unpaired) electrons. The van der Waals surface area contributed by atoms with Crippen LogP contribution in [0.15, 0.2) is 41.4 Å². The molecule has 0 bridgehead atoms. The number of rotatable bonds is 5. The zero-order chi connectivity index (χ0) is 17.5. The van der Waals surface area contributed by atoms with Crippen LogP contribution in [0, 0.1) is 18.3 Å². The van der Waals surface area contributed by atoms with Crippen molar-refractivity contribution in [2.24, 2.45) is 0 Å². The third-order valence-corrected chi connectivity index (χ3v) is 3.80. The van der Waals surface area contributed by atoms with E-state index in [1.807, 2.05) is 18.4 Å². The van der Waals surface area contributed by atoms with E-state index in [4.69, 9.17) is 5.26 Å². The first-order chi connectivity index (χ1) is 11.5. The molecule has 0 saturated carbocycles. The summed E-state index contributed by atoms with van der Waals surface area (Å²) in [6.45, 7) is 1.84. The fourth-order valence-corrected chi connectivity index (χ4v) is 2.43. The van der Waals surface area contributed by atoms with E-state index in [1.165, 1.54) is 30.7 Å². The van der Waals surface area contributed by atoms with E-state index in [-0.39, 0.29) is 16.8 Å². The Hall–Kier alpha value is -3.18. The molecule has 0 aliphatic carbocycles. The molecule has 8 heteroatoms. The van der Waals surface area contributed by atoms with Crippen molar-refractivity contribution in [3.05, 3.63) is 52.7 Å². The SMILES string of the molecule is COC(=O)c1ccccc1NC(=O)/C(C#N)=C\Nc1nc(C)cs1. The van der Waals surface area contributed by atoms with Crippen molar-refractivity contribution in [3.8, 4) is 6.07 Å². The maximum Gasteiger partial charge on any atom is 0.339 e. The van der Waals surface area contributed by atoms with Gasteiger partial charge in [0.25, 0.3) is 5.91 Å². The molecule has 0 atom stereocenters. The minimum absolute atomic E-state index is 0.150. The molecular weight excluding hydrogens is 328 g/mol. The van der Waals surface area contributed by atoms with Crippen molar-refractivity contribution in [1.29, 1.82) is 5.26 Å². The second kappa shape index (κ2) is 7.89. The molecular formula is C16H14N4O3S. The van der Waals surface area contributed by atoms with Crippen LogP contribution in [0.4, 0.5) is 10.8 Å². The number of thiazole rings is 1. The summed E-state index contributed by atoms with van der Waals surface area (Å²) < 4.78 is 4.66. The van der Waals surface area contributed by atoms with Crippen LogP contribution in [0.3, 0.4) is 0 Å². The molecule has 1 aromatic carbocycles. The average Bonchev–Trinajstić information content (AvgIpc) is 3.00. The number of aryl methyl sites for hydroxylation is 1. The lowest BCUT2D eigenvalue weighted by Gasteiger charge is -2.09. The number of hydrogen-bond acceptors (Lipinski definition) is 7. The number of hydrogen-bond donors (Lipinski definition) is 2. The van der Waals surface area contributed by atoms with Gasteiger partial charge in [-0.05, 0) is 19.1 Å². The lowest BCUT2D eigenvalue weighted by molar-refractivity contribution is -0.112. The molecule has 122 valence electrons. The zero-order valence-electron chi connectivity index (χ0n) is 13.0. The number of aromatic nitrogens is 1. The Bertz CT molecular complexity index is 836. The van der Waals surface area contributed by atoms with Gasteiger partial charge in [-0.3, -0.25) is 4.79 Å². The fraction of sp³-hybridized carbons (Fsp3) is 0.125. The summed E-state index contributed by atoms with van der Waals surface area (Å²) >= 11 is 1.36. The van der Waals surface area contributed by atoms with Crippen LogP contribution in [0.25, 0.3) is 0 Å². The third-order valence-electron chi connectivity index (χ3n) is 2.90. The summed E-state index contributed by atoms with van der Waals surface area (Å²) in [5.74, 6) is -1.22. The highest BCUT2D eigenvalue weighted by Gasteiger charge is 2.15. The summed E-state index contributed by atoms with van der Waals surface area (Å²) in [6.07, 6.45) is 1.27. The van der Waals surface area contributed by atoms with Gasteiger partial charge in [0.15, 0.2) is 5.13 Å². The molecule has 24 heavy (non-hydrogen) atoms. The van der Waals surface area contributed by atoms with Crippen LogP contribution < -0.4 is 10.6 Å². The molecule has 7 nitrogen and oxygen atoms in total. The Morgan fingerprint density at radius 3 is 2.75 bits per heavy atom. The first-order valence-electron chi connectivity index (χ1n) is 6.82. The van der Waals surface area contributed by atoms with E-state index in [0.717, 1.165) is 5.69 Å². The first kappa shape index (κ1) is 17.2. The maximum atomic E-state index is 12.2. The fourth-order valence-electron chi connectivity index (χ4n) is 1.77. The number of ether oxygens (including phenoxy) is 1. The van der Waals surface area contributed by atoms with E-state index in [1.54, 1.807) is 18.2 Å². The van der Waals surface area contributed by atoms with Crippen molar-refractivity contribution in [3.63, 3.8) is 0 Å². The van der Waals surface area contributed by atoms with Gasteiger partial charge >= 0.3 is 5.97 Å². The van der Waals surface area contributed by atoms with Crippen LogP contribution in [0.1, 0.15) is 16.1 Å². The summed E-state index contributed by atoms with van der Waals surface area (Å²) in [5.41, 5.74) is 1.16. The number of benzene rings is 1. The van der Waals surface area contributed by atoms with Crippen LogP contribution in [0.5, 0.6) is 0 Å². The van der Waals surface area contributed by atoms with Gasteiger partial charge in [-0.1, -0.05) is 12.1 Å². The van der Waals surface area contributed by atoms with E-state index in [9.17, 15) is 9.59 Å². The van der Waals surface area contributed by atoms with E-state index in [0.29, 0.717) is 5.13 Å². The number of methoxy groups -OCH3 is 1. The minimum Gasteiger partial charge on any atom is -0.465 e. The van der Waals surface area contributed by atoms with Gasteiger partial charge in [-0.2, -0.15) is 5.26 Å². The summed E-state index contributed by atoms with van der Waals surface area (Å²) in [4.78, 5) is 28.1. The van der Waals surface area contributed by atoms with Gasteiger partial charge in [0.05, 0.1) is 24.1 Å². The van der Waals surface area contributed by atoms with Gasteiger partial charge in [-0.25, -0.2) is 9.78 Å². The van der Waals surface area contributed by atoms with Gasteiger partial charge in [0, 0.05) is 11.6 Å². The second-order valence-electron chi connectivity index (χ2n) is 4.60. The van der Waals surface area contributed by atoms with Crippen molar-refractivity contribution >= 4 is 34.0 Å². The molecule has 0 unspecified atom stereocenters. The number of para-hydroxylation sites is 1. The minimum atomic E-state index is -0.644. The number of nitriles is 1. The first-order valence-corrected chi connectivity index (χ1v) is 7.70. The smallest absolute Gasteiger partial charge is 0.339 e. The lowest BCUT2D eigenvalue weighted by atomic mass is 10.1. The number of carbonyl (C=O) groups is 2. The molecule has 2 aromatic rings. The number of nitrogens with one attached hydrogen (secondary N) is 2. The van der Waals surface area contributed by atoms with Crippen molar-refractivity contribution in [1.82, 2.24) is 4.98 Å². The molecule has 0 aliphatic heterocycles. The molecule has 1 heterocycles. The highest BCUT2D eigenvalue weighted by molar-refractivity contribution is 7.13. The van der Waals surface area contributed by atoms with Crippen LogP contribution in [0.2, 0.25) is 0 Å². The molecule has 1 aromatic heterocycles. The van der Waals surface area contributed by atoms with E-state index < -0.39 is 11.9 Å². The van der Waals surface area contributed by atoms with Crippen LogP contribution in [-0.2, 0) is 9.53 Å². The standard InChI is InChI=1S/C16H14N4O3S/c1-10-9-24-16(19-10)18-8-11(7-17)14(21)20-13-6-4-3-5-12(13)15(22)23-2/h3-6,8-9H,1-2H3,(H,18,19)(H,20,21)/b11-8-. The number of amides is 1. The Balaban J connectivity index is 2.15. The van der Waals surface area contributed by atoms with Crippen molar-refractivity contribution in [2.75, 3.05) is 17.7 Å². The Labute approximate surface area is 142 Å². The van der Waals surface area contributed by atoms with Gasteiger partial charge in [-0.15, -0.1) is 11.3 Å². The normalized spacial score (nSPS) is 10.6. The topological polar surface area (TPSA) is 104 Å². The quantitative estimate of drug-likeness (QED) is 0.492. The molecule has 0 fully saturated rings. The monoisotopic (exact) mass is 342 g/mol. The third kappa shape index (κ3) is 4.18. The second-order valence-corrected chi connectivity index (χ2v) is 5.46. The summed E-state index contributed by atoms with van der Waals surface area (Å²) in [6, 6.07) is 8.19. The predicted molar refractivity (Wildman–Crippen MR) is 90.6 cm³/mol. The van der Waals surface area contributed by atoms with E-state index in [2.05, 4.69) is 20.4 Å². The summed E-state index contributed by atoms with van der Waals surface area (Å²) in [7, 11) is 1.25. The average molecular weight is 342 g/mol. The molecule has 1 amide bonds. The molecule has 2 rings (SSSR count).